The molecule has 0 aliphatic heterocycles. The number of hydrogen-bond donors (Lipinski definition) is 0. The molecule has 0 unspecified atom stereocenters. The van der Waals surface area contributed by atoms with Crippen LogP contribution < -0.4 is 4.74 Å². The second-order valence-corrected chi connectivity index (χ2v) is 5.99. The van der Waals surface area contributed by atoms with Crippen LogP contribution in [-0.4, -0.2) is 6.26 Å². The van der Waals surface area contributed by atoms with Gasteiger partial charge >= 0.3 is 0 Å². The van der Waals surface area contributed by atoms with Gasteiger partial charge in [-0.2, -0.15) is 0 Å². The fraction of sp³-hybridized carbons (Fsp3) is 0.167. The van der Waals surface area contributed by atoms with Gasteiger partial charge in [0.1, 0.15) is 12.4 Å². The van der Waals surface area contributed by atoms with Crippen LogP contribution in [0.4, 0.5) is 0 Å². The second-order valence-electron chi connectivity index (χ2n) is 3.20. The summed E-state index contributed by atoms with van der Waals surface area (Å²) < 4.78 is 6.80. The summed E-state index contributed by atoms with van der Waals surface area (Å²) in [6, 6.07) is 10.2. The fourth-order valence-electron chi connectivity index (χ4n) is 1.26. The number of ether oxygens (including phenoxy) is 1. The lowest BCUT2D eigenvalue weighted by atomic mass is 10.3. The Morgan fingerprint density at radius 3 is 2.62 bits per heavy atom. The van der Waals surface area contributed by atoms with Gasteiger partial charge in [-0.15, -0.1) is 23.1 Å². The maximum atomic E-state index is 5.69. The molecule has 1 heterocycles. The van der Waals surface area contributed by atoms with Gasteiger partial charge in [-0.25, -0.2) is 0 Å². The van der Waals surface area contributed by atoms with Crippen molar-refractivity contribution in [1.29, 1.82) is 0 Å². The molecule has 2 aromatic rings. The first-order chi connectivity index (χ1) is 7.78. The van der Waals surface area contributed by atoms with Crippen LogP contribution in [0.3, 0.4) is 0 Å². The van der Waals surface area contributed by atoms with Crippen molar-refractivity contribution in [2.24, 2.45) is 0 Å². The number of hydrogen-bond acceptors (Lipinski definition) is 3. The lowest BCUT2D eigenvalue weighted by Crippen LogP contribution is -1.92. The van der Waals surface area contributed by atoms with Crippen LogP contribution in [0.5, 0.6) is 5.75 Å². The zero-order valence-electron chi connectivity index (χ0n) is 8.77. The largest absolute Gasteiger partial charge is 0.488 e. The molecule has 1 nitrogen and oxygen atoms in total. The molecule has 0 N–H and O–H groups in total. The average molecular weight is 315 g/mol. The number of benzene rings is 1. The topological polar surface area (TPSA) is 9.23 Å². The van der Waals surface area contributed by atoms with Gasteiger partial charge in [0, 0.05) is 19.6 Å². The molecule has 84 valence electrons. The minimum absolute atomic E-state index is 0.634. The van der Waals surface area contributed by atoms with Gasteiger partial charge in [-0.3, -0.25) is 0 Å². The smallest absolute Gasteiger partial charge is 0.122 e. The van der Waals surface area contributed by atoms with E-state index >= 15 is 0 Å². The van der Waals surface area contributed by atoms with E-state index in [1.807, 2.05) is 12.1 Å². The zero-order chi connectivity index (χ0) is 11.4. The third-order valence-electron chi connectivity index (χ3n) is 2.06. The van der Waals surface area contributed by atoms with Crippen molar-refractivity contribution in [2.75, 3.05) is 6.26 Å². The first-order valence-corrected chi connectivity index (χ1v) is 7.67. The van der Waals surface area contributed by atoms with Crippen LogP contribution in [0, 0.1) is 0 Å². The van der Waals surface area contributed by atoms with E-state index in [9.17, 15) is 0 Å². The standard InChI is InChI=1S/C12H11BrOS2/c1-15-11-4-2-10(3-5-11)14-7-12-6-9(13)8-16-12/h2-6,8H,7H2,1H3. The first-order valence-electron chi connectivity index (χ1n) is 4.77. The highest BCUT2D eigenvalue weighted by atomic mass is 79.9. The van der Waals surface area contributed by atoms with E-state index < -0.39 is 0 Å². The van der Waals surface area contributed by atoms with Crippen molar-refractivity contribution in [3.8, 4) is 5.75 Å². The third kappa shape index (κ3) is 3.27. The molecule has 4 heteroatoms. The molecule has 16 heavy (non-hydrogen) atoms. The Kier molecular flexibility index (Phi) is 4.32. The van der Waals surface area contributed by atoms with Crippen molar-refractivity contribution < 1.29 is 4.74 Å². The Labute approximate surface area is 112 Å². The number of halogens is 1. The summed E-state index contributed by atoms with van der Waals surface area (Å²) in [5.74, 6) is 0.919. The molecule has 0 saturated carbocycles. The Balaban J connectivity index is 1.94. The van der Waals surface area contributed by atoms with Gasteiger partial charge in [0.15, 0.2) is 0 Å². The van der Waals surface area contributed by atoms with Gasteiger partial charge in [0.25, 0.3) is 0 Å². The molecule has 0 atom stereocenters. The highest BCUT2D eigenvalue weighted by Crippen LogP contribution is 2.23. The Morgan fingerprint density at radius 1 is 1.31 bits per heavy atom. The fourth-order valence-corrected chi connectivity index (χ4v) is 3.03. The Bertz CT molecular complexity index is 450. The van der Waals surface area contributed by atoms with Crippen LogP contribution >= 0.6 is 39.0 Å². The van der Waals surface area contributed by atoms with Gasteiger partial charge in [0.2, 0.25) is 0 Å². The van der Waals surface area contributed by atoms with Crippen molar-refractivity contribution in [1.82, 2.24) is 0 Å². The lowest BCUT2D eigenvalue weighted by Gasteiger charge is -2.04. The predicted molar refractivity (Wildman–Crippen MR) is 74.6 cm³/mol. The van der Waals surface area contributed by atoms with Crippen LogP contribution in [0.15, 0.2) is 45.1 Å². The van der Waals surface area contributed by atoms with Gasteiger partial charge in [-0.1, -0.05) is 0 Å². The van der Waals surface area contributed by atoms with Gasteiger partial charge in [-0.05, 0) is 52.5 Å². The molecule has 1 aromatic carbocycles. The quantitative estimate of drug-likeness (QED) is 0.749. The summed E-state index contributed by atoms with van der Waals surface area (Å²) in [5, 5.41) is 2.06. The average Bonchev–Trinajstić information content (AvgIpc) is 2.73. The minimum Gasteiger partial charge on any atom is -0.488 e. The molecule has 1 aromatic heterocycles. The molecule has 0 amide bonds. The van der Waals surface area contributed by atoms with Crippen LogP contribution in [0.2, 0.25) is 0 Å². The summed E-state index contributed by atoms with van der Waals surface area (Å²) in [5.41, 5.74) is 0. The number of thioether (sulfide) groups is 1. The van der Waals surface area contributed by atoms with Crippen molar-refractivity contribution in [3.05, 3.63) is 45.1 Å². The monoisotopic (exact) mass is 314 g/mol. The molecule has 0 aliphatic carbocycles. The number of thiophene rings is 1. The van der Waals surface area contributed by atoms with E-state index in [2.05, 4.69) is 45.8 Å². The molecule has 2 rings (SSSR count). The van der Waals surface area contributed by atoms with E-state index in [4.69, 9.17) is 4.74 Å². The van der Waals surface area contributed by atoms with E-state index in [-0.39, 0.29) is 0 Å². The Hall–Kier alpha value is -0.450. The second kappa shape index (κ2) is 5.75. The first kappa shape index (κ1) is 12.0. The minimum atomic E-state index is 0.634. The van der Waals surface area contributed by atoms with Crippen molar-refractivity contribution in [3.63, 3.8) is 0 Å². The molecule has 0 saturated heterocycles. The maximum Gasteiger partial charge on any atom is 0.122 e. The zero-order valence-corrected chi connectivity index (χ0v) is 12.0. The SMILES string of the molecule is CSc1ccc(OCc2cc(Br)cs2)cc1. The summed E-state index contributed by atoms with van der Waals surface area (Å²) in [7, 11) is 0. The van der Waals surface area contributed by atoms with E-state index in [1.165, 1.54) is 9.77 Å². The van der Waals surface area contributed by atoms with E-state index in [0.717, 1.165) is 10.2 Å². The van der Waals surface area contributed by atoms with Gasteiger partial charge < -0.3 is 4.74 Å². The van der Waals surface area contributed by atoms with Crippen LogP contribution in [0.1, 0.15) is 4.88 Å². The molecule has 0 aliphatic rings. The predicted octanol–water partition coefficient (Wildman–Crippen LogP) is 4.81. The highest BCUT2D eigenvalue weighted by molar-refractivity contribution is 9.10. The van der Waals surface area contributed by atoms with Gasteiger partial charge in [0.05, 0.1) is 0 Å². The molecule has 0 bridgehead atoms. The lowest BCUT2D eigenvalue weighted by molar-refractivity contribution is 0.309. The van der Waals surface area contributed by atoms with E-state index in [1.54, 1.807) is 23.1 Å². The molecular weight excluding hydrogens is 304 g/mol. The van der Waals surface area contributed by atoms with Crippen molar-refractivity contribution in [2.45, 2.75) is 11.5 Å². The van der Waals surface area contributed by atoms with E-state index in [0.29, 0.717) is 6.61 Å². The Morgan fingerprint density at radius 2 is 2.06 bits per heavy atom. The third-order valence-corrected chi connectivity index (χ3v) is 4.48. The van der Waals surface area contributed by atoms with Crippen molar-refractivity contribution >= 4 is 39.0 Å². The molecule has 0 radical (unpaired) electrons. The molecule has 0 spiro atoms. The van der Waals surface area contributed by atoms with Crippen LogP contribution in [-0.2, 0) is 6.61 Å². The summed E-state index contributed by atoms with van der Waals surface area (Å²) in [6.07, 6.45) is 2.07. The highest BCUT2D eigenvalue weighted by Gasteiger charge is 1.99. The molecular formula is C12H11BrOS2. The summed E-state index contributed by atoms with van der Waals surface area (Å²) in [6.45, 7) is 0.634. The summed E-state index contributed by atoms with van der Waals surface area (Å²) in [4.78, 5) is 2.48. The summed E-state index contributed by atoms with van der Waals surface area (Å²) >= 11 is 6.87. The molecule has 0 fully saturated rings. The number of rotatable bonds is 4. The maximum absolute atomic E-state index is 5.69. The normalized spacial score (nSPS) is 10.4. The van der Waals surface area contributed by atoms with Crippen LogP contribution in [0.25, 0.3) is 0 Å².